The summed E-state index contributed by atoms with van der Waals surface area (Å²) in [6, 6.07) is 0. The first kappa shape index (κ1) is 13.9. The minimum Gasteiger partial charge on any atom is -0.347 e. The van der Waals surface area contributed by atoms with E-state index in [1.54, 1.807) is 0 Å². The Balaban J connectivity index is 2.80. The molecule has 0 aliphatic carbocycles. The van der Waals surface area contributed by atoms with Crippen LogP contribution in [0.15, 0.2) is 0 Å². The van der Waals surface area contributed by atoms with Gasteiger partial charge in [0.1, 0.15) is 11.6 Å². The van der Waals surface area contributed by atoms with E-state index in [0.29, 0.717) is 0 Å². The summed E-state index contributed by atoms with van der Waals surface area (Å²) >= 11 is 0. The second-order valence-corrected chi connectivity index (χ2v) is 4.77. The first-order valence-corrected chi connectivity index (χ1v) is 6.47. The molecule has 0 fully saturated rings. The molecule has 1 rings (SSSR count). The average molecular weight is 236 g/mol. The largest absolute Gasteiger partial charge is 0.347 e. The van der Waals surface area contributed by atoms with Gasteiger partial charge in [-0.3, -0.25) is 0 Å². The van der Waals surface area contributed by atoms with E-state index in [2.05, 4.69) is 35.7 Å². The molecule has 1 aromatic rings. The highest BCUT2D eigenvalue weighted by Gasteiger charge is 2.08. The van der Waals surface area contributed by atoms with Crippen molar-refractivity contribution in [2.45, 2.75) is 46.5 Å². The molecule has 0 aromatic carbocycles. The molecular formula is C13H24N4. The standard InChI is InChI=1S/C13H24N4/c1-6-10(3)8-9-12-14-11(7-2)15-13(16-12)17(4)5/h10H,6-9H2,1-5H3. The maximum atomic E-state index is 4.49. The van der Waals surface area contributed by atoms with Gasteiger partial charge in [-0.15, -0.1) is 0 Å². The molecule has 0 bridgehead atoms. The van der Waals surface area contributed by atoms with Crippen LogP contribution in [0.3, 0.4) is 0 Å². The molecule has 4 heteroatoms. The van der Waals surface area contributed by atoms with Gasteiger partial charge in [-0.05, 0) is 12.3 Å². The van der Waals surface area contributed by atoms with Crippen molar-refractivity contribution in [1.29, 1.82) is 0 Å². The summed E-state index contributed by atoms with van der Waals surface area (Å²) < 4.78 is 0. The Labute approximate surface area is 104 Å². The van der Waals surface area contributed by atoms with Crippen LogP contribution in [0.2, 0.25) is 0 Å². The van der Waals surface area contributed by atoms with E-state index in [9.17, 15) is 0 Å². The molecule has 1 aromatic heterocycles. The van der Waals surface area contributed by atoms with Gasteiger partial charge < -0.3 is 4.90 Å². The third kappa shape index (κ3) is 4.29. The molecule has 1 heterocycles. The second-order valence-electron chi connectivity index (χ2n) is 4.77. The van der Waals surface area contributed by atoms with Crippen molar-refractivity contribution >= 4 is 5.95 Å². The Bertz CT molecular complexity index is 349. The summed E-state index contributed by atoms with van der Waals surface area (Å²) in [5, 5.41) is 0. The topological polar surface area (TPSA) is 41.9 Å². The molecule has 0 N–H and O–H groups in total. The van der Waals surface area contributed by atoms with E-state index in [1.165, 1.54) is 6.42 Å². The molecule has 1 unspecified atom stereocenters. The number of hydrogen-bond donors (Lipinski definition) is 0. The van der Waals surface area contributed by atoms with Crippen molar-refractivity contribution in [1.82, 2.24) is 15.0 Å². The maximum absolute atomic E-state index is 4.49. The predicted molar refractivity (Wildman–Crippen MR) is 71.3 cm³/mol. The zero-order valence-electron chi connectivity index (χ0n) is 11.7. The van der Waals surface area contributed by atoms with Gasteiger partial charge in [-0.1, -0.05) is 27.2 Å². The van der Waals surface area contributed by atoms with Crippen LogP contribution in [0, 0.1) is 5.92 Å². The minimum absolute atomic E-state index is 0.736. The van der Waals surface area contributed by atoms with E-state index in [1.807, 2.05) is 19.0 Å². The van der Waals surface area contributed by atoms with Crippen molar-refractivity contribution in [2.24, 2.45) is 5.92 Å². The highest BCUT2D eigenvalue weighted by Crippen LogP contribution is 2.12. The van der Waals surface area contributed by atoms with Crippen LogP contribution in [0.5, 0.6) is 0 Å². The SMILES string of the molecule is CCc1nc(CCC(C)CC)nc(N(C)C)n1. The predicted octanol–water partition coefficient (Wildman–Crippen LogP) is 2.48. The molecule has 0 saturated carbocycles. The zero-order valence-corrected chi connectivity index (χ0v) is 11.7. The third-order valence-electron chi connectivity index (χ3n) is 2.99. The Morgan fingerprint density at radius 2 is 1.71 bits per heavy atom. The van der Waals surface area contributed by atoms with Crippen LogP contribution in [0.4, 0.5) is 5.95 Å². The minimum atomic E-state index is 0.736. The number of anilines is 1. The lowest BCUT2D eigenvalue weighted by atomic mass is 10.0. The third-order valence-corrected chi connectivity index (χ3v) is 2.99. The molecule has 0 radical (unpaired) electrons. The highest BCUT2D eigenvalue weighted by molar-refractivity contribution is 5.26. The van der Waals surface area contributed by atoms with E-state index < -0.39 is 0 Å². The summed E-state index contributed by atoms with van der Waals surface area (Å²) in [6.07, 6.45) is 4.17. The van der Waals surface area contributed by atoms with Crippen LogP contribution >= 0.6 is 0 Å². The Kier molecular flexibility index (Phi) is 5.32. The summed E-state index contributed by atoms with van der Waals surface area (Å²) in [5.74, 6) is 3.33. The molecule has 0 amide bonds. The summed E-state index contributed by atoms with van der Waals surface area (Å²) in [6.45, 7) is 6.57. The van der Waals surface area contributed by atoms with E-state index >= 15 is 0 Å². The van der Waals surface area contributed by atoms with Crippen molar-refractivity contribution in [3.63, 3.8) is 0 Å². The van der Waals surface area contributed by atoms with Crippen molar-refractivity contribution < 1.29 is 0 Å². The van der Waals surface area contributed by atoms with E-state index in [4.69, 9.17) is 0 Å². The average Bonchev–Trinajstić information content (AvgIpc) is 2.35. The van der Waals surface area contributed by atoms with Gasteiger partial charge in [0.2, 0.25) is 5.95 Å². The van der Waals surface area contributed by atoms with Gasteiger partial charge in [0.25, 0.3) is 0 Å². The Morgan fingerprint density at radius 3 is 2.24 bits per heavy atom. The van der Waals surface area contributed by atoms with Gasteiger partial charge in [0.15, 0.2) is 0 Å². The molecule has 96 valence electrons. The first-order valence-electron chi connectivity index (χ1n) is 6.47. The molecule has 0 saturated heterocycles. The van der Waals surface area contributed by atoms with Gasteiger partial charge in [0.05, 0.1) is 0 Å². The smallest absolute Gasteiger partial charge is 0.228 e. The van der Waals surface area contributed by atoms with Crippen LogP contribution < -0.4 is 4.90 Å². The summed E-state index contributed by atoms with van der Waals surface area (Å²) in [4.78, 5) is 15.3. The van der Waals surface area contributed by atoms with Crippen LogP contribution in [-0.2, 0) is 12.8 Å². The molecule has 0 spiro atoms. The first-order chi connectivity index (χ1) is 8.06. The fraction of sp³-hybridized carbons (Fsp3) is 0.769. The lowest BCUT2D eigenvalue weighted by molar-refractivity contribution is 0.507. The molecule has 0 aliphatic rings. The highest BCUT2D eigenvalue weighted by atomic mass is 15.2. The van der Waals surface area contributed by atoms with Crippen LogP contribution in [0.25, 0.3) is 0 Å². The van der Waals surface area contributed by atoms with Gasteiger partial charge >= 0.3 is 0 Å². The van der Waals surface area contributed by atoms with Gasteiger partial charge in [-0.25, -0.2) is 4.98 Å². The number of hydrogen-bond acceptors (Lipinski definition) is 4. The molecule has 1 atom stereocenters. The fourth-order valence-electron chi connectivity index (χ4n) is 1.50. The summed E-state index contributed by atoms with van der Waals surface area (Å²) in [5.41, 5.74) is 0. The van der Waals surface area contributed by atoms with E-state index in [0.717, 1.165) is 42.8 Å². The van der Waals surface area contributed by atoms with Crippen LogP contribution in [0.1, 0.15) is 45.3 Å². The van der Waals surface area contributed by atoms with Crippen LogP contribution in [-0.4, -0.2) is 29.0 Å². The second kappa shape index (κ2) is 6.52. The van der Waals surface area contributed by atoms with Gasteiger partial charge in [-0.2, -0.15) is 9.97 Å². The number of nitrogens with zero attached hydrogens (tertiary/aromatic N) is 4. The molecule has 0 aliphatic heterocycles. The molecule has 4 nitrogen and oxygen atoms in total. The quantitative estimate of drug-likeness (QED) is 0.761. The monoisotopic (exact) mass is 236 g/mol. The Morgan fingerprint density at radius 1 is 1.06 bits per heavy atom. The van der Waals surface area contributed by atoms with Crippen molar-refractivity contribution in [3.8, 4) is 0 Å². The van der Waals surface area contributed by atoms with E-state index in [-0.39, 0.29) is 0 Å². The van der Waals surface area contributed by atoms with Crippen molar-refractivity contribution in [3.05, 3.63) is 11.6 Å². The number of aromatic nitrogens is 3. The van der Waals surface area contributed by atoms with Gasteiger partial charge in [0, 0.05) is 26.9 Å². The molecule has 17 heavy (non-hydrogen) atoms. The normalized spacial score (nSPS) is 12.5. The summed E-state index contributed by atoms with van der Waals surface area (Å²) in [7, 11) is 3.93. The Hall–Kier alpha value is -1.19. The maximum Gasteiger partial charge on any atom is 0.228 e. The molecular weight excluding hydrogens is 212 g/mol. The zero-order chi connectivity index (χ0) is 12.8. The number of aryl methyl sites for hydroxylation is 2. The fourth-order valence-corrected chi connectivity index (χ4v) is 1.50. The lowest BCUT2D eigenvalue weighted by Crippen LogP contribution is -2.16. The number of rotatable bonds is 6. The van der Waals surface area contributed by atoms with Crippen molar-refractivity contribution in [2.75, 3.05) is 19.0 Å². The lowest BCUT2D eigenvalue weighted by Gasteiger charge is -2.13.